The van der Waals surface area contributed by atoms with E-state index in [1.54, 1.807) is 42.6 Å². The van der Waals surface area contributed by atoms with Gasteiger partial charge in [0.2, 0.25) is 11.8 Å². The number of imide groups is 1. The monoisotopic (exact) mass is 417 g/mol. The van der Waals surface area contributed by atoms with Gasteiger partial charge in [-0.2, -0.15) is 0 Å². The lowest BCUT2D eigenvalue weighted by atomic mass is 10.1. The second-order valence-corrected chi connectivity index (χ2v) is 7.76. The Morgan fingerprint density at radius 2 is 1.68 bits per heavy atom. The summed E-state index contributed by atoms with van der Waals surface area (Å²) in [5, 5.41) is 2.83. The minimum absolute atomic E-state index is 0.178. The van der Waals surface area contributed by atoms with Crippen molar-refractivity contribution in [2.45, 2.75) is 32.6 Å². The first-order valence-corrected chi connectivity index (χ1v) is 10.3. The van der Waals surface area contributed by atoms with Gasteiger partial charge in [-0.3, -0.25) is 19.3 Å². The molecule has 0 bridgehead atoms. The molecule has 7 nitrogen and oxygen atoms in total. The zero-order chi connectivity index (χ0) is 22.0. The van der Waals surface area contributed by atoms with Crippen LogP contribution in [0.3, 0.4) is 0 Å². The van der Waals surface area contributed by atoms with Crippen molar-refractivity contribution >= 4 is 23.4 Å². The van der Waals surface area contributed by atoms with E-state index in [0.29, 0.717) is 29.1 Å². The van der Waals surface area contributed by atoms with Gasteiger partial charge in [0.15, 0.2) is 0 Å². The maximum absolute atomic E-state index is 12.4. The lowest BCUT2D eigenvalue weighted by Crippen LogP contribution is -2.31. The summed E-state index contributed by atoms with van der Waals surface area (Å²) in [6.07, 6.45) is 2.32. The summed E-state index contributed by atoms with van der Waals surface area (Å²) in [7, 11) is 0. The first-order chi connectivity index (χ1) is 14.9. The predicted octanol–water partition coefficient (Wildman–Crippen LogP) is 4.48. The highest BCUT2D eigenvalue weighted by Gasteiger charge is 2.34. The van der Waals surface area contributed by atoms with E-state index in [1.165, 1.54) is 4.90 Å². The molecule has 0 unspecified atom stereocenters. The Kier molecular flexibility index (Phi) is 5.66. The molecule has 2 aromatic carbocycles. The molecule has 0 fully saturated rings. The molecule has 3 aromatic rings. The number of carbonyl (C=O) groups is 3. The zero-order valence-corrected chi connectivity index (χ0v) is 17.4. The van der Waals surface area contributed by atoms with E-state index in [4.69, 9.17) is 4.42 Å². The molecule has 1 aliphatic heterocycles. The number of aromatic nitrogens is 1. The molecule has 31 heavy (non-hydrogen) atoms. The van der Waals surface area contributed by atoms with E-state index in [2.05, 4.69) is 10.3 Å². The number of nitrogens with one attached hydrogen (secondary N) is 1. The Labute approximate surface area is 180 Å². The summed E-state index contributed by atoms with van der Waals surface area (Å²) < 4.78 is 5.74. The predicted molar refractivity (Wildman–Crippen MR) is 116 cm³/mol. The van der Waals surface area contributed by atoms with Crippen LogP contribution in [0.25, 0.3) is 11.5 Å². The van der Waals surface area contributed by atoms with Crippen LogP contribution in [0.5, 0.6) is 0 Å². The largest absolute Gasteiger partial charge is 0.441 e. The summed E-state index contributed by atoms with van der Waals surface area (Å²) in [5.74, 6) is 0.850. The average molecular weight is 417 g/mol. The molecule has 0 saturated heterocycles. The second kappa shape index (κ2) is 8.55. The summed E-state index contributed by atoms with van der Waals surface area (Å²) in [5.41, 5.74) is 2.33. The number of oxazole rings is 1. The minimum Gasteiger partial charge on any atom is -0.441 e. The van der Waals surface area contributed by atoms with Crippen LogP contribution in [0.1, 0.15) is 59.1 Å². The second-order valence-electron chi connectivity index (χ2n) is 7.76. The minimum atomic E-state index is -0.302. The number of hydrogen-bond acceptors (Lipinski definition) is 5. The molecule has 0 atom stereocenters. The molecule has 7 heteroatoms. The number of fused-ring (bicyclic) bond motifs is 1. The number of rotatable bonds is 7. The summed E-state index contributed by atoms with van der Waals surface area (Å²) in [6, 6.07) is 14.0. The highest BCUT2D eigenvalue weighted by atomic mass is 16.4. The molecular weight excluding hydrogens is 394 g/mol. The van der Waals surface area contributed by atoms with E-state index in [0.717, 1.165) is 11.3 Å². The molecule has 0 spiro atoms. The standard InChI is InChI=1S/C24H23N3O4/c1-15(2)20-14-25-22(31-20)16-9-11-17(12-10-16)26-21(28)8-5-13-27-23(29)18-6-3-4-7-19(18)24(27)30/h3-4,6-7,9-12,14-15H,5,8,13H2,1-2H3,(H,26,28). The molecule has 0 radical (unpaired) electrons. The third-order valence-electron chi connectivity index (χ3n) is 5.17. The van der Waals surface area contributed by atoms with Crippen LogP contribution < -0.4 is 5.32 Å². The Morgan fingerprint density at radius 3 is 2.26 bits per heavy atom. The molecule has 1 aromatic heterocycles. The van der Waals surface area contributed by atoms with Gasteiger partial charge in [-0.05, 0) is 42.8 Å². The number of benzene rings is 2. The van der Waals surface area contributed by atoms with Crippen molar-refractivity contribution in [3.05, 3.63) is 71.6 Å². The molecule has 158 valence electrons. The third kappa shape index (κ3) is 4.26. The van der Waals surface area contributed by atoms with Crippen molar-refractivity contribution in [3.8, 4) is 11.5 Å². The first-order valence-electron chi connectivity index (χ1n) is 10.3. The highest BCUT2D eigenvalue weighted by Crippen LogP contribution is 2.25. The smallest absolute Gasteiger partial charge is 0.261 e. The van der Waals surface area contributed by atoms with Gasteiger partial charge < -0.3 is 9.73 Å². The summed E-state index contributed by atoms with van der Waals surface area (Å²) >= 11 is 0. The highest BCUT2D eigenvalue weighted by molar-refractivity contribution is 6.21. The Bertz CT molecular complexity index is 1100. The van der Waals surface area contributed by atoms with Gasteiger partial charge >= 0.3 is 0 Å². The summed E-state index contributed by atoms with van der Waals surface area (Å²) in [6.45, 7) is 4.29. The first kappa shape index (κ1) is 20.5. The maximum Gasteiger partial charge on any atom is 0.261 e. The van der Waals surface area contributed by atoms with E-state index < -0.39 is 0 Å². The van der Waals surface area contributed by atoms with Crippen molar-refractivity contribution in [1.29, 1.82) is 0 Å². The van der Waals surface area contributed by atoms with Crippen molar-refractivity contribution in [2.75, 3.05) is 11.9 Å². The van der Waals surface area contributed by atoms with Gasteiger partial charge in [-0.15, -0.1) is 0 Å². The van der Waals surface area contributed by atoms with Gasteiger partial charge in [-0.1, -0.05) is 26.0 Å². The lowest BCUT2D eigenvalue weighted by molar-refractivity contribution is -0.116. The fourth-order valence-corrected chi connectivity index (χ4v) is 3.45. The fourth-order valence-electron chi connectivity index (χ4n) is 3.45. The Morgan fingerprint density at radius 1 is 1.03 bits per heavy atom. The van der Waals surface area contributed by atoms with Crippen molar-refractivity contribution < 1.29 is 18.8 Å². The fraction of sp³-hybridized carbons (Fsp3) is 0.250. The van der Waals surface area contributed by atoms with Gasteiger partial charge in [0.25, 0.3) is 11.8 Å². The SMILES string of the molecule is CC(C)c1cnc(-c2ccc(NC(=O)CCCN3C(=O)c4ccccc4C3=O)cc2)o1. The van der Waals surface area contributed by atoms with Crippen LogP contribution in [0.4, 0.5) is 5.69 Å². The van der Waals surface area contributed by atoms with Crippen LogP contribution in [0.15, 0.2) is 59.1 Å². The van der Waals surface area contributed by atoms with Crippen LogP contribution in [-0.4, -0.2) is 34.2 Å². The normalized spacial score (nSPS) is 13.1. The van der Waals surface area contributed by atoms with Crippen molar-refractivity contribution in [1.82, 2.24) is 9.88 Å². The van der Waals surface area contributed by atoms with E-state index >= 15 is 0 Å². The molecule has 1 N–H and O–H groups in total. The maximum atomic E-state index is 12.4. The molecule has 3 amide bonds. The van der Waals surface area contributed by atoms with E-state index in [9.17, 15) is 14.4 Å². The van der Waals surface area contributed by atoms with Gasteiger partial charge in [0.1, 0.15) is 5.76 Å². The van der Waals surface area contributed by atoms with Crippen LogP contribution in [0, 0.1) is 0 Å². The summed E-state index contributed by atoms with van der Waals surface area (Å²) in [4.78, 5) is 42.5. The average Bonchev–Trinajstić information content (AvgIpc) is 3.35. The Hall–Kier alpha value is -3.74. The van der Waals surface area contributed by atoms with E-state index in [1.807, 2.05) is 26.0 Å². The quantitative estimate of drug-likeness (QED) is 0.572. The molecule has 0 saturated carbocycles. The number of hydrogen-bond donors (Lipinski definition) is 1. The number of nitrogens with zero attached hydrogens (tertiary/aromatic N) is 2. The number of carbonyl (C=O) groups excluding carboxylic acids is 3. The van der Waals surface area contributed by atoms with Crippen LogP contribution in [0.2, 0.25) is 0 Å². The zero-order valence-electron chi connectivity index (χ0n) is 17.4. The lowest BCUT2D eigenvalue weighted by Gasteiger charge is -2.13. The molecular formula is C24H23N3O4. The third-order valence-corrected chi connectivity index (χ3v) is 5.17. The van der Waals surface area contributed by atoms with E-state index in [-0.39, 0.29) is 36.6 Å². The van der Waals surface area contributed by atoms with Gasteiger partial charge in [-0.25, -0.2) is 4.98 Å². The molecule has 0 aliphatic carbocycles. The van der Waals surface area contributed by atoms with Crippen LogP contribution >= 0.6 is 0 Å². The van der Waals surface area contributed by atoms with Gasteiger partial charge in [0, 0.05) is 30.1 Å². The van der Waals surface area contributed by atoms with Crippen LogP contribution in [-0.2, 0) is 4.79 Å². The van der Waals surface area contributed by atoms with Gasteiger partial charge in [0.05, 0.1) is 17.3 Å². The molecule has 4 rings (SSSR count). The number of amides is 3. The molecule has 2 heterocycles. The van der Waals surface area contributed by atoms with Crippen molar-refractivity contribution in [2.24, 2.45) is 0 Å². The Balaban J connectivity index is 1.28. The number of anilines is 1. The topological polar surface area (TPSA) is 92.5 Å². The molecule has 1 aliphatic rings. The van der Waals surface area contributed by atoms with Crippen molar-refractivity contribution in [3.63, 3.8) is 0 Å².